The molecule has 4 nitrogen and oxygen atoms in total. The topological polar surface area (TPSA) is 55.4 Å². The zero-order valence-corrected chi connectivity index (χ0v) is 17.0. The Morgan fingerprint density at radius 3 is 2.67 bits per heavy atom. The Morgan fingerprint density at radius 2 is 1.93 bits per heavy atom. The summed E-state index contributed by atoms with van der Waals surface area (Å²) in [5.41, 5.74) is 3.14. The zero-order valence-electron chi connectivity index (χ0n) is 16.2. The van der Waals surface area contributed by atoms with Crippen LogP contribution in [-0.2, 0) is 22.4 Å². The van der Waals surface area contributed by atoms with Crippen molar-refractivity contribution in [3.05, 3.63) is 51.2 Å². The van der Waals surface area contributed by atoms with Crippen LogP contribution in [0.25, 0.3) is 0 Å². The van der Waals surface area contributed by atoms with Crippen LogP contribution in [0.1, 0.15) is 71.6 Å². The molecule has 1 aromatic carbocycles. The lowest BCUT2D eigenvalue weighted by Crippen LogP contribution is -2.30. The maximum absolute atomic E-state index is 12.6. The summed E-state index contributed by atoms with van der Waals surface area (Å²) >= 11 is 1.50. The summed E-state index contributed by atoms with van der Waals surface area (Å²) in [6, 6.07) is 9.72. The number of benzene rings is 1. The summed E-state index contributed by atoms with van der Waals surface area (Å²) in [6.07, 6.45) is 4.56. The SMILES string of the molecule is CC[C@@H](C)c1ccccc1NC(=O)[C@@H](C)OC(=O)c1cc2c(s1)CCCC2. The molecular formula is C22H27NO3S. The Balaban J connectivity index is 1.64. The van der Waals surface area contributed by atoms with E-state index in [-0.39, 0.29) is 5.91 Å². The van der Waals surface area contributed by atoms with Gasteiger partial charge in [0.05, 0.1) is 0 Å². The third-order valence-electron chi connectivity index (χ3n) is 5.21. The number of aryl methyl sites for hydroxylation is 2. The van der Waals surface area contributed by atoms with Crippen molar-refractivity contribution < 1.29 is 14.3 Å². The molecule has 1 aliphatic carbocycles. The predicted octanol–water partition coefficient (Wildman–Crippen LogP) is 5.32. The van der Waals surface area contributed by atoms with Crippen LogP contribution in [0.5, 0.6) is 0 Å². The molecule has 2 aromatic rings. The summed E-state index contributed by atoms with van der Waals surface area (Å²) in [6.45, 7) is 5.87. The maximum atomic E-state index is 12.6. The first-order valence-electron chi connectivity index (χ1n) is 9.72. The van der Waals surface area contributed by atoms with Crippen molar-refractivity contribution in [2.24, 2.45) is 0 Å². The standard InChI is InChI=1S/C22H27NO3S/c1-4-14(2)17-10-6-7-11-18(17)23-21(24)15(3)26-22(25)20-13-16-9-5-8-12-19(16)27-20/h6-7,10-11,13-15H,4-5,8-9,12H2,1-3H3,(H,23,24)/t14-,15-/m1/s1. The molecular weight excluding hydrogens is 358 g/mol. The highest BCUT2D eigenvalue weighted by molar-refractivity contribution is 7.14. The van der Waals surface area contributed by atoms with E-state index in [0.717, 1.165) is 30.5 Å². The van der Waals surface area contributed by atoms with Crippen molar-refractivity contribution in [3.8, 4) is 0 Å². The number of nitrogens with one attached hydrogen (secondary N) is 1. The second-order valence-electron chi connectivity index (χ2n) is 7.20. The number of para-hydroxylation sites is 1. The van der Waals surface area contributed by atoms with Gasteiger partial charge in [-0.25, -0.2) is 4.79 Å². The Morgan fingerprint density at radius 1 is 1.19 bits per heavy atom. The summed E-state index contributed by atoms with van der Waals surface area (Å²) in [5, 5.41) is 2.92. The minimum atomic E-state index is -0.846. The Hall–Kier alpha value is -2.14. The number of ether oxygens (including phenoxy) is 1. The Kier molecular flexibility index (Phi) is 6.32. The van der Waals surface area contributed by atoms with Gasteiger partial charge in [0.2, 0.25) is 0 Å². The van der Waals surface area contributed by atoms with Crippen LogP contribution < -0.4 is 5.32 Å². The molecule has 1 heterocycles. The van der Waals surface area contributed by atoms with E-state index in [4.69, 9.17) is 4.74 Å². The van der Waals surface area contributed by atoms with Crippen LogP contribution in [-0.4, -0.2) is 18.0 Å². The fourth-order valence-corrected chi connectivity index (χ4v) is 4.49. The zero-order chi connectivity index (χ0) is 19.4. The number of fused-ring (bicyclic) bond motifs is 1. The van der Waals surface area contributed by atoms with Crippen molar-refractivity contribution in [1.29, 1.82) is 0 Å². The molecule has 27 heavy (non-hydrogen) atoms. The van der Waals surface area contributed by atoms with E-state index >= 15 is 0 Å². The lowest BCUT2D eigenvalue weighted by atomic mass is 9.97. The quantitative estimate of drug-likeness (QED) is 0.684. The van der Waals surface area contributed by atoms with Gasteiger partial charge >= 0.3 is 5.97 Å². The minimum absolute atomic E-state index is 0.305. The maximum Gasteiger partial charge on any atom is 0.349 e. The molecule has 0 unspecified atom stereocenters. The minimum Gasteiger partial charge on any atom is -0.448 e. The lowest BCUT2D eigenvalue weighted by Gasteiger charge is -2.18. The molecule has 0 fully saturated rings. The van der Waals surface area contributed by atoms with Gasteiger partial charge < -0.3 is 10.1 Å². The van der Waals surface area contributed by atoms with Crippen LogP contribution in [0.15, 0.2) is 30.3 Å². The molecule has 0 spiro atoms. The molecule has 0 bridgehead atoms. The van der Waals surface area contributed by atoms with E-state index in [1.807, 2.05) is 30.3 Å². The molecule has 5 heteroatoms. The number of carbonyl (C=O) groups excluding carboxylic acids is 2. The van der Waals surface area contributed by atoms with Gasteiger partial charge in [-0.2, -0.15) is 0 Å². The van der Waals surface area contributed by atoms with Crippen molar-refractivity contribution >= 4 is 28.9 Å². The van der Waals surface area contributed by atoms with E-state index in [2.05, 4.69) is 19.2 Å². The number of anilines is 1. The van der Waals surface area contributed by atoms with Gasteiger partial charge in [-0.3, -0.25) is 4.79 Å². The Labute approximate surface area is 164 Å². The first-order chi connectivity index (χ1) is 13.0. The highest BCUT2D eigenvalue weighted by Gasteiger charge is 2.23. The fraction of sp³-hybridized carbons (Fsp3) is 0.455. The van der Waals surface area contributed by atoms with E-state index in [1.54, 1.807) is 6.92 Å². The number of rotatable bonds is 6. The normalized spacial score (nSPS) is 15.5. The molecule has 3 rings (SSSR count). The van der Waals surface area contributed by atoms with Gasteiger partial charge in [-0.05, 0) is 68.2 Å². The number of hydrogen-bond acceptors (Lipinski definition) is 4. The number of esters is 1. The summed E-state index contributed by atoms with van der Waals surface area (Å²) in [5.74, 6) is -0.371. The van der Waals surface area contributed by atoms with E-state index in [0.29, 0.717) is 10.8 Å². The summed E-state index contributed by atoms with van der Waals surface area (Å²) in [7, 11) is 0. The van der Waals surface area contributed by atoms with Gasteiger partial charge in [0, 0.05) is 10.6 Å². The van der Waals surface area contributed by atoms with E-state index in [9.17, 15) is 9.59 Å². The molecule has 0 radical (unpaired) electrons. The molecule has 1 aliphatic rings. The Bertz CT molecular complexity index is 803. The molecule has 1 amide bonds. The second kappa shape index (κ2) is 8.70. The number of hydrogen-bond donors (Lipinski definition) is 1. The number of thiophene rings is 1. The number of carbonyl (C=O) groups is 2. The van der Waals surface area contributed by atoms with Crippen LogP contribution in [0.2, 0.25) is 0 Å². The molecule has 0 aliphatic heterocycles. The molecule has 2 atom stereocenters. The summed E-state index contributed by atoms with van der Waals surface area (Å²) < 4.78 is 5.43. The fourth-order valence-electron chi connectivity index (χ4n) is 3.36. The van der Waals surface area contributed by atoms with E-state index < -0.39 is 12.1 Å². The summed E-state index contributed by atoms with van der Waals surface area (Å²) in [4.78, 5) is 26.9. The van der Waals surface area contributed by atoms with Crippen LogP contribution in [0.3, 0.4) is 0 Å². The molecule has 144 valence electrons. The van der Waals surface area contributed by atoms with Gasteiger partial charge in [0.1, 0.15) is 4.88 Å². The first kappa shape index (κ1) is 19.6. The predicted molar refractivity (Wildman–Crippen MR) is 110 cm³/mol. The van der Waals surface area contributed by atoms with Crippen molar-refractivity contribution in [3.63, 3.8) is 0 Å². The van der Waals surface area contributed by atoms with Crippen molar-refractivity contribution in [2.45, 2.75) is 64.9 Å². The lowest BCUT2D eigenvalue weighted by molar-refractivity contribution is -0.123. The van der Waals surface area contributed by atoms with Crippen LogP contribution in [0.4, 0.5) is 5.69 Å². The van der Waals surface area contributed by atoms with Crippen LogP contribution >= 0.6 is 11.3 Å². The highest BCUT2D eigenvalue weighted by atomic mass is 32.1. The van der Waals surface area contributed by atoms with Gasteiger partial charge in [-0.1, -0.05) is 32.0 Å². The average Bonchev–Trinajstić information content (AvgIpc) is 3.12. The highest BCUT2D eigenvalue weighted by Crippen LogP contribution is 2.30. The van der Waals surface area contributed by atoms with Gasteiger partial charge in [-0.15, -0.1) is 11.3 Å². The monoisotopic (exact) mass is 385 g/mol. The molecule has 1 aromatic heterocycles. The molecule has 0 saturated heterocycles. The molecule has 1 N–H and O–H groups in total. The smallest absolute Gasteiger partial charge is 0.349 e. The third kappa shape index (κ3) is 4.59. The molecule has 0 saturated carbocycles. The largest absolute Gasteiger partial charge is 0.448 e. The van der Waals surface area contributed by atoms with Gasteiger partial charge in [0.25, 0.3) is 5.91 Å². The van der Waals surface area contributed by atoms with Crippen molar-refractivity contribution in [1.82, 2.24) is 0 Å². The van der Waals surface area contributed by atoms with E-state index in [1.165, 1.54) is 34.6 Å². The number of amides is 1. The van der Waals surface area contributed by atoms with Gasteiger partial charge in [0.15, 0.2) is 6.10 Å². The average molecular weight is 386 g/mol. The first-order valence-corrected chi connectivity index (χ1v) is 10.5. The second-order valence-corrected chi connectivity index (χ2v) is 8.34. The third-order valence-corrected chi connectivity index (χ3v) is 6.43. The van der Waals surface area contributed by atoms with Crippen LogP contribution in [0, 0.1) is 0 Å². The van der Waals surface area contributed by atoms with Crippen molar-refractivity contribution in [2.75, 3.05) is 5.32 Å².